The monoisotopic (exact) mass is 366 g/mol. The number of rotatable bonds is 7. The van der Waals surface area contributed by atoms with Crippen LogP contribution in [0, 0.1) is 0 Å². The van der Waals surface area contributed by atoms with Gasteiger partial charge in [0.05, 0.1) is 37.2 Å². The van der Waals surface area contributed by atoms with Gasteiger partial charge >= 0.3 is 0 Å². The summed E-state index contributed by atoms with van der Waals surface area (Å²) in [6.07, 6.45) is 6.85. The molecule has 1 aliphatic heterocycles. The topological polar surface area (TPSA) is 95.1 Å². The van der Waals surface area contributed by atoms with Crippen molar-refractivity contribution in [2.75, 3.05) is 19.4 Å². The minimum atomic E-state index is -3.73. The van der Waals surface area contributed by atoms with E-state index in [9.17, 15) is 13.2 Å². The van der Waals surface area contributed by atoms with Gasteiger partial charge in [-0.15, -0.1) is 6.58 Å². The van der Waals surface area contributed by atoms with Crippen LogP contribution in [0.15, 0.2) is 42.9 Å². The molecule has 0 aliphatic carbocycles. The predicted molar refractivity (Wildman–Crippen MR) is 88.7 cm³/mol. The highest BCUT2D eigenvalue weighted by Gasteiger charge is 2.41. The van der Waals surface area contributed by atoms with Crippen molar-refractivity contribution in [1.82, 2.24) is 19.2 Å². The van der Waals surface area contributed by atoms with Gasteiger partial charge in [-0.25, -0.2) is 9.31 Å². The summed E-state index contributed by atoms with van der Waals surface area (Å²) < 4.78 is 31.6. The van der Waals surface area contributed by atoms with E-state index in [1.165, 1.54) is 5.06 Å². The molecule has 25 heavy (non-hydrogen) atoms. The van der Waals surface area contributed by atoms with E-state index in [4.69, 9.17) is 9.02 Å². The van der Waals surface area contributed by atoms with Crippen LogP contribution in [-0.4, -0.2) is 65.2 Å². The Bertz CT molecular complexity index is 925. The van der Waals surface area contributed by atoms with Crippen LogP contribution in [0.1, 0.15) is 0 Å². The van der Waals surface area contributed by atoms with Crippen LogP contribution in [0.4, 0.5) is 0 Å². The second-order valence-corrected chi connectivity index (χ2v) is 7.23. The molecule has 0 spiro atoms. The summed E-state index contributed by atoms with van der Waals surface area (Å²) >= 11 is 0. The van der Waals surface area contributed by atoms with Crippen LogP contribution < -0.4 is 0 Å². The lowest BCUT2D eigenvalue weighted by molar-refractivity contribution is -0.160. The highest BCUT2D eigenvalue weighted by Crippen LogP contribution is 2.28. The number of hydrogen-bond donors (Lipinski definition) is 0. The molecule has 3 heterocycles. The van der Waals surface area contributed by atoms with E-state index in [0.29, 0.717) is 6.54 Å². The van der Waals surface area contributed by atoms with Gasteiger partial charge in [0.1, 0.15) is 17.7 Å². The van der Waals surface area contributed by atoms with Gasteiger partial charge in [-0.05, 0) is 0 Å². The lowest BCUT2D eigenvalue weighted by atomic mass is 10.1. The molecule has 0 unspecified atom stereocenters. The molecule has 134 valence electrons. The van der Waals surface area contributed by atoms with Crippen LogP contribution >= 0.6 is 0 Å². The fourth-order valence-corrected chi connectivity index (χ4v) is 3.46. The van der Waals surface area contributed by atoms with E-state index < -0.39 is 22.3 Å². The number of hydrogen-bond acceptors (Lipinski definition) is 7. The lowest BCUT2D eigenvalue weighted by Gasteiger charge is -2.23. The van der Waals surface area contributed by atoms with Crippen LogP contribution in [0.5, 0.6) is 0 Å². The summed E-state index contributed by atoms with van der Waals surface area (Å²) in [5.74, 6) is 1.84. The minimum Gasteiger partial charge on any atom is -0.329 e. The smallest absolute Gasteiger partial charge is 0.265 e. The quantitative estimate of drug-likeness (QED) is 0.388. The molecule has 0 saturated carbocycles. The van der Waals surface area contributed by atoms with E-state index in [2.05, 4.69) is 11.7 Å². The molecule has 2 atom stereocenters. The molecule has 10 heteroatoms. The maximum Gasteiger partial charge on any atom is 0.265 e. The van der Waals surface area contributed by atoms with Crippen molar-refractivity contribution in [2.45, 2.75) is 18.7 Å². The molecule has 2 aromatic rings. The van der Waals surface area contributed by atoms with Gasteiger partial charge in [-0.3, -0.25) is 9.02 Å². The average Bonchev–Trinajstić information content (AvgIpc) is 3.20. The fraction of sp³-hybridized carbons (Fsp3) is 0.400. The third-order valence-electron chi connectivity index (χ3n) is 3.87. The maximum absolute atomic E-state index is 11.5. The first kappa shape index (κ1) is 17.6. The van der Waals surface area contributed by atoms with Gasteiger partial charge in [0.15, 0.2) is 0 Å². The largest absolute Gasteiger partial charge is 0.329 e. The first-order valence-corrected chi connectivity index (χ1v) is 9.36. The molecule has 0 N–H and O–H groups in total. The molecule has 0 bridgehead atoms. The lowest BCUT2D eigenvalue weighted by Crippen LogP contribution is -2.34. The Balaban J connectivity index is 1.90. The normalized spacial score (nSPS) is 21.7. The van der Waals surface area contributed by atoms with Crippen LogP contribution in [-0.2, 0) is 30.5 Å². The zero-order valence-electron chi connectivity index (χ0n) is 13.6. The Kier molecular flexibility index (Phi) is 4.89. The fourth-order valence-electron chi connectivity index (χ4n) is 2.88. The van der Waals surface area contributed by atoms with Crippen molar-refractivity contribution >= 4 is 21.7 Å². The SMILES string of the molecule is C=CCON1C[C@H](OS(C)(=O)=O)C(=C=O)[C@H]1Cn1ccn2nccc12. The number of nitrogens with zero attached hydrogens (tertiary/aromatic N) is 4. The molecular weight excluding hydrogens is 348 g/mol. The van der Waals surface area contributed by atoms with Crippen LogP contribution in [0.2, 0.25) is 0 Å². The zero-order valence-corrected chi connectivity index (χ0v) is 14.4. The third-order valence-corrected chi connectivity index (χ3v) is 4.45. The Hall–Kier alpha value is -2.23. The van der Waals surface area contributed by atoms with E-state index in [0.717, 1.165) is 11.9 Å². The summed E-state index contributed by atoms with van der Waals surface area (Å²) in [6.45, 7) is 4.28. The standard InChI is InChI=1S/C15H18N4O5S/c1-3-8-23-19-10-14(24-25(2,21)22)12(11-20)13(19)9-17-6-7-18-15(17)4-5-16-18/h3-7,13-14H,1,8-10H2,2H3/t13-,14+/m1/s1. The van der Waals surface area contributed by atoms with Crippen molar-refractivity contribution in [3.63, 3.8) is 0 Å². The minimum absolute atomic E-state index is 0.104. The first-order chi connectivity index (χ1) is 11.9. The number of imidazole rings is 1. The highest BCUT2D eigenvalue weighted by molar-refractivity contribution is 7.86. The van der Waals surface area contributed by atoms with E-state index in [1.54, 1.807) is 23.0 Å². The third kappa shape index (κ3) is 3.73. The van der Waals surface area contributed by atoms with Crippen molar-refractivity contribution in [2.24, 2.45) is 0 Å². The molecule has 0 radical (unpaired) electrons. The maximum atomic E-state index is 11.5. The Morgan fingerprint density at radius 1 is 1.48 bits per heavy atom. The van der Waals surface area contributed by atoms with E-state index in [-0.39, 0.29) is 18.7 Å². The highest BCUT2D eigenvalue weighted by atomic mass is 32.2. The summed E-state index contributed by atoms with van der Waals surface area (Å²) in [5.41, 5.74) is 1.03. The molecule has 1 saturated heterocycles. The summed E-state index contributed by atoms with van der Waals surface area (Å²) in [4.78, 5) is 17.1. The molecule has 1 fully saturated rings. The van der Waals surface area contributed by atoms with Gasteiger partial charge in [-0.1, -0.05) is 6.08 Å². The molecule has 0 aromatic carbocycles. The average molecular weight is 366 g/mol. The molecule has 1 aliphatic rings. The second-order valence-electron chi connectivity index (χ2n) is 5.63. The number of aromatic nitrogens is 3. The molecule has 9 nitrogen and oxygen atoms in total. The predicted octanol–water partition coefficient (Wildman–Crippen LogP) is 0.0404. The van der Waals surface area contributed by atoms with Crippen molar-refractivity contribution in [3.05, 3.63) is 42.9 Å². The van der Waals surface area contributed by atoms with Crippen molar-refractivity contribution in [3.8, 4) is 0 Å². The Morgan fingerprint density at radius 3 is 2.96 bits per heavy atom. The van der Waals surface area contributed by atoms with Gasteiger partial charge < -0.3 is 4.57 Å². The second kappa shape index (κ2) is 6.95. The van der Waals surface area contributed by atoms with Crippen LogP contribution in [0.25, 0.3) is 5.65 Å². The summed E-state index contributed by atoms with van der Waals surface area (Å²) in [5, 5.41) is 5.67. The Morgan fingerprint density at radius 2 is 2.28 bits per heavy atom. The number of carbonyl (C=O) groups excluding carboxylic acids is 1. The zero-order chi connectivity index (χ0) is 18.0. The number of fused-ring (bicyclic) bond motifs is 1. The summed E-state index contributed by atoms with van der Waals surface area (Å²) in [7, 11) is -3.73. The van der Waals surface area contributed by atoms with E-state index in [1.807, 2.05) is 22.8 Å². The van der Waals surface area contributed by atoms with E-state index >= 15 is 0 Å². The van der Waals surface area contributed by atoms with Gasteiger partial charge in [0.2, 0.25) is 0 Å². The van der Waals surface area contributed by atoms with Crippen LogP contribution in [0.3, 0.4) is 0 Å². The van der Waals surface area contributed by atoms with Gasteiger partial charge in [0.25, 0.3) is 10.1 Å². The van der Waals surface area contributed by atoms with Gasteiger partial charge in [0, 0.05) is 25.0 Å². The van der Waals surface area contributed by atoms with Crippen molar-refractivity contribution < 1.29 is 22.2 Å². The Labute approximate surface area is 144 Å². The molecule has 3 rings (SSSR count). The number of hydroxylamine groups is 2. The first-order valence-electron chi connectivity index (χ1n) is 7.55. The summed E-state index contributed by atoms with van der Waals surface area (Å²) in [6, 6.07) is 1.31. The van der Waals surface area contributed by atoms with Gasteiger partial charge in [-0.2, -0.15) is 18.6 Å². The molecule has 2 aromatic heterocycles. The molecular formula is C15H18N4O5S. The molecule has 0 amide bonds. The van der Waals surface area contributed by atoms with Crippen molar-refractivity contribution in [1.29, 1.82) is 0 Å².